The lowest BCUT2D eigenvalue weighted by molar-refractivity contribution is 0.635. The van der Waals surface area contributed by atoms with Gasteiger partial charge < -0.3 is 9.80 Å². The monoisotopic (exact) mass is 578 g/mol. The van der Waals surface area contributed by atoms with Crippen LogP contribution < -0.4 is 26.2 Å². The van der Waals surface area contributed by atoms with Gasteiger partial charge in [-0.3, -0.25) is 0 Å². The third-order valence-corrected chi connectivity index (χ3v) is 9.59. The van der Waals surface area contributed by atoms with Crippen LogP contribution in [-0.4, -0.2) is 32.9 Å². The van der Waals surface area contributed by atoms with Crippen molar-refractivity contribution in [1.29, 1.82) is 0 Å². The molecule has 2 nitrogen and oxygen atoms in total. The zero-order valence-electron chi connectivity index (χ0n) is 28.5. The topological polar surface area (TPSA) is 6.48 Å². The molecule has 3 heteroatoms. The molecule has 0 fully saturated rings. The van der Waals surface area contributed by atoms with Crippen LogP contribution in [0.2, 0.25) is 0 Å². The summed E-state index contributed by atoms with van der Waals surface area (Å²) in [5, 5.41) is 0. The smallest absolute Gasteiger partial charge is 0.242 e. The first-order valence-electron chi connectivity index (χ1n) is 17.9. The Kier molecular flexibility index (Phi) is 13.1. The van der Waals surface area contributed by atoms with Crippen LogP contribution in [0.1, 0.15) is 116 Å². The molecule has 0 radical (unpaired) electrons. The van der Waals surface area contributed by atoms with Crippen molar-refractivity contribution in [3.63, 3.8) is 0 Å². The molecule has 0 saturated heterocycles. The van der Waals surface area contributed by atoms with Crippen molar-refractivity contribution in [1.82, 2.24) is 0 Å². The molecule has 0 atom stereocenters. The van der Waals surface area contributed by atoms with Crippen molar-refractivity contribution in [3.05, 3.63) is 65.7 Å². The maximum Gasteiger partial charge on any atom is 0.242 e. The van der Waals surface area contributed by atoms with Crippen LogP contribution in [0.4, 0.5) is 11.4 Å². The van der Waals surface area contributed by atoms with E-state index in [0.717, 1.165) is 26.2 Å². The Morgan fingerprint density at radius 1 is 0.488 bits per heavy atom. The maximum atomic E-state index is 2.72. The van der Waals surface area contributed by atoms with Crippen molar-refractivity contribution < 1.29 is 0 Å². The van der Waals surface area contributed by atoms with Gasteiger partial charge in [0.15, 0.2) is 0 Å². The van der Waals surface area contributed by atoms with E-state index in [1.165, 1.54) is 127 Å². The Balaban J connectivity index is 1.82. The van der Waals surface area contributed by atoms with E-state index in [1.54, 1.807) is 0 Å². The summed E-state index contributed by atoms with van der Waals surface area (Å²) in [6.45, 7) is 18.9. The predicted molar refractivity (Wildman–Crippen MR) is 195 cm³/mol. The van der Waals surface area contributed by atoms with Gasteiger partial charge in [0, 0.05) is 37.6 Å². The van der Waals surface area contributed by atoms with Crippen LogP contribution in [-0.2, 0) is 0 Å². The van der Waals surface area contributed by atoms with Crippen LogP contribution >= 0.6 is 0 Å². The molecule has 43 heavy (non-hydrogen) atoms. The second-order valence-electron chi connectivity index (χ2n) is 13.1. The van der Waals surface area contributed by atoms with Gasteiger partial charge in [-0.1, -0.05) is 138 Å². The van der Waals surface area contributed by atoms with Crippen LogP contribution in [0.5, 0.6) is 0 Å². The lowest BCUT2D eigenvalue weighted by Gasteiger charge is -2.28. The van der Waals surface area contributed by atoms with Gasteiger partial charge in [0.05, 0.1) is 0 Å². The molecule has 232 valence electrons. The summed E-state index contributed by atoms with van der Waals surface area (Å²) in [4.78, 5) is 5.43. The van der Waals surface area contributed by atoms with E-state index in [9.17, 15) is 0 Å². The van der Waals surface area contributed by atoms with Gasteiger partial charge >= 0.3 is 0 Å². The number of nitrogens with zero attached hydrogens (tertiary/aromatic N) is 2. The molecule has 0 aromatic heterocycles. The Morgan fingerprint density at radius 3 is 1.21 bits per heavy atom. The third-order valence-electron chi connectivity index (χ3n) is 9.59. The molecule has 0 spiro atoms. The van der Waals surface area contributed by atoms with Crippen LogP contribution in [0, 0.1) is 13.8 Å². The summed E-state index contributed by atoms with van der Waals surface area (Å²) in [7, 11) is 0. The maximum absolute atomic E-state index is 2.72. The van der Waals surface area contributed by atoms with Crippen molar-refractivity contribution in [2.75, 3.05) is 36.0 Å². The highest BCUT2D eigenvalue weighted by atomic mass is 15.1. The van der Waals surface area contributed by atoms with Gasteiger partial charge in [-0.15, -0.1) is 0 Å². The quantitative estimate of drug-likeness (QED) is 0.0809. The largest absolute Gasteiger partial charge is 0.371 e. The number of anilines is 2. The first-order chi connectivity index (χ1) is 21.0. The minimum Gasteiger partial charge on any atom is -0.371 e. The van der Waals surface area contributed by atoms with E-state index < -0.39 is 0 Å². The zero-order chi connectivity index (χ0) is 30.6. The van der Waals surface area contributed by atoms with E-state index in [1.807, 2.05) is 0 Å². The third kappa shape index (κ3) is 8.28. The Morgan fingerprint density at radius 2 is 0.860 bits per heavy atom. The highest BCUT2D eigenvalue weighted by Crippen LogP contribution is 2.34. The average molecular weight is 579 g/mol. The first-order valence-corrected chi connectivity index (χ1v) is 17.9. The second-order valence-corrected chi connectivity index (χ2v) is 13.1. The van der Waals surface area contributed by atoms with Crippen LogP contribution in [0.25, 0.3) is 11.1 Å². The molecule has 4 rings (SSSR count). The summed E-state index contributed by atoms with van der Waals surface area (Å²) in [5.74, 6) is 0. The van der Waals surface area contributed by atoms with Gasteiger partial charge in [0.1, 0.15) is 0 Å². The Bertz CT molecular complexity index is 1170. The van der Waals surface area contributed by atoms with Crippen molar-refractivity contribution in [3.8, 4) is 11.1 Å². The van der Waals surface area contributed by atoms with E-state index in [2.05, 4.69) is 106 Å². The highest BCUT2D eigenvalue weighted by Gasteiger charge is 2.35. The lowest BCUT2D eigenvalue weighted by Crippen LogP contribution is -2.49. The second kappa shape index (κ2) is 17.0. The zero-order valence-corrected chi connectivity index (χ0v) is 28.5. The standard InChI is InChI=1S/C40H59BN2/c1-7-11-18-24-42(25-19-12-8-2)39-30-35-36-31-40(43(26-20-13-9-3)27-21-14-10-4)33(6)29-38(36)41(37(35)28-32(39)5)34-22-16-15-17-23-34/h15-17,22-23,28-31H,7-14,18-21,24-27H2,1-6H3. The molecule has 0 unspecified atom stereocenters. The fourth-order valence-corrected chi connectivity index (χ4v) is 7.15. The summed E-state index contributed by atoms with van der Waals surface area (Å²) in [6.07, 6.45) is 15.4. The number of fused-ring (bicyclic) bond motifs is 3. The fraction of sp³-hybridized carbons (Fsp3) is 0.550. The summed E-state index contributed by atoms with van der Waals surface area (Å²) >= 11 is 0. The molecule has 0 amide bonds. The normalized spacial score (nSPS) is 12.0. The number of hydrogen-bond donors (Lipinski definition) is 0. The first kappa shape index (κ1) is 33.2. The number of benzene rings is 3. The molecule has 0 N–H and O–H groups in total. The van der Waals surface area contributed by atoms with E-state index >= 15 is 0 Å². The Labute approximate surface area is 265 Å². The van der Waals surface area contributed by atoms with Gasteiger partial charge in [-0.25, -0.2) is 0 Å². The molecule has 0 bridgehead atoms. The minimum absolute atomic E-state index is 0.300. The molecule has 3 aromatic carbocycles. The van der Waals surface area contributed by atoms with E-state index in [4.69, 9.17) is 0 Å². The van der Waals surface area contributed by atoms with Gasteiger partial charge in [0.25, 0.3) is 0 Å². The Hall–Kier alpha value is -2.68. The summed E-state index contributed by atoms with van der Waals surface area (Å²) in [5.41, 5.74) is 13.1. The van der Waals surface area contributed by atoms with Crippen LogP contribution in [0.15, 0.2) is 54.6 Å². The van der Waals surface area contributed by atoms with Crippen molar-refractivity contribution >= 4 is 34.5 Å². The molecule has 3 aromatic rings. The van der Waals surface area contributed by atoms with Crippen molar-refractivity contribution in [2.24, 2.45) is 0 Å². The lowest BCUT2D eigenvalue weighted by atomic mass is 9.39. The van der Waals surface area contributed by atoms with E-state index in [-0.39, 0.29) is 0 Å². The highest BCUT2D eigenvalue weighted by molar-refractivity contribution is 6.99. The molecule has 0 aliphatic carbocycles. The van der Waals surface area contributed by atoms with E-state index in [0.29, 0.717) is 6.71 Å². The molecule has 1 aliphatic rings. The van der Waals surface area contributed by atoms with Crippen LogP contribution in [0.3, 0.4) is 0 Å². The van der Waals surface area contributed by atoms with Gasteiger partial charge in [-0.2, -0.15) is 0 Å². The minimum atomic E-state index is 0.300. The molecule has 0 saturated carbocycles. The van der Waals surface area contributed by atoms with Gasteiger partial charge in [0.2, 0.25) is 6.71 Å². The molecular formula is C40H59BN2. The SMILES string of the molecule is CCCCCN(CCCCC)c1cc2c(cc1C)B(c1ccccc1)c1cc(C)c(N(CCCCC)CCCCC)cc1-2. The molecule has 1 aliphatic heterocycles. The average Bonchev–Trinajstić information content (AvgIpc) is 3.31. The number of rotatable bonds is 19. The molecular weight excluding hydrogens is 519 g/mol. The number of unbranched alkanes of at least 4 members (excludes halogenated alkanes) is 8. The summed E-state index contributed by atoms with van der Waals surface area (Å²) in [6, 6.07) is 21.5. The molecule has 1 heterocycles. The number of aryl methyl sites for hydroxylation is 2. The number of hydrogen-bond acceptors (Lipinski definition) is 2. The fourth-order valence-electron chi connectivity index (χ4n) is 7.15. The predicted octanol–water partition coefficient (Wildman–Crippen LogP) is 9.17. The van der Waals surface area contributed by atoms with Gasteiger partial charge in [-0.05, 0) is 73.9 Å². The van der Waals surface area contributed by atoms with Crippen molar-refractivity contribution in [2.45, 2.75) is 119 Å². The summed E-state index contributed by atoms with van der Waals surface area (Å²) < 4.78 is 0.